The zero-order valence-electron chi connectivity index (χ0n) is 16.4. The van der Waals surface area contributed by atoms with E-state index in [0.717, 1.165) is 36.8 Å². The number of nitrogens with zero attached hydrogens (tertiary/aromatic N) is 4. The lowest BCUT2D eigenvalue weighted by Gasteiger charge is -2.44. The molecule has 3 heterocycles. The quantitative estimate of drug-likeness (QED) is 0.808. The second kappa shape index (κ2) is 8.00. The molecule has 6 heteroatoms. The second-order valence-corrected chi connectivity index (χ2v) is 7.66. The summed E-state index contributed by atoms with van der Waals surface area (Å²) < 4.78 is 5.61. The highest BCUT2D eigenvalue weighted by Crippen LogP contribution is 2.37. The number of benzene rings is 1. The molecule has 2 unspecified atom stereocenters. The highest BCUT2D eigenvalue weighted by Gasteiger charge is 2.38. The van der Waals surface area contributed by atoms with Gasteiger partial charge in [-0.3, -0.25) is 4.90 Å². The number of hydrogen-bond acceptors (Lipinski definition) is 5. The monoisotopic (exact) mass is 378 g/mol. The first-order chi connectivity index (χ1) is 13.6. The number of amides is 1. The fourth-order valence-electron chi connectivity index (χ4n) is 4.04. The lowest BCUT2D eigenvalue weighted by atomic mass is 9.83. The molecular weight excluding hydrogens is 352 g/mol. The highest BCUT2D eigenvalue weighted by molar-refractivity contribution is 5.74. The van der Waals surface area contributed by atoms with E-state index in [4.69, 9.17) is 4.74 Å². The molecule has 0 radical (unpaired) electrons. The summed E-state index contributed by atoms with van der Waals surface area (Å²) >= 11 is 0. The van der Waals surface area contributed by atoms with Gasteiger partial charge in [-0.1, -0.05) is 36.4 Å². The predicted molar refractivity (Wildman–Crippen MR) is 109 cm³/mol. The van der Waals surface area contributed by atoms with Crippen LogP contribution in [0.4, 0.5) is 10.7 Å². The van der Waals surface area contributed by atoms with E-state index < -0.39 is 0 Å². The van der Waals surface area contributed by atoms with Gasteiger partial charge in [-0.25, -0.2) is 14.8 Å². The molecule has 6 nitrogen and oxygen atoms in total. The molecule has 2 aliphatic heterocycles. The smallest absolute Gasteiger partial charge is 0.410 e. The van der Waals surface area contributed by atoms with Crippen molar-refractivity contribution in [2.75, 3.05) is 19.0 Å². The maximum atomic E-state index is 12.8. The number of aromatic nitrogens is 2. The van der Waals surface area contributed by atoms with Gasteiger partial charge in [-0.15, -0.1) is 0 Å². The first kappa shape index (κ1) is 18.5. The average molecular weight is 378 g/mol. The predicted octanol–water partition coefficient (Wildman–Crippen LogP) is 3.89. The molecular formula is C22H26N4O2. The van der Waals surface area contributed by atoms with Gasteiger partial charge in [0.25, 0.3) is 0 Å². The van der Waals surface area contributed by atoms with Crippen LogP contribution in [0.2, 0.25) is 0 Å². The molecule has 2 bridgehead atoms. The summed E-state index contributed by atoms with van der Waals surface area (Å²) in [5.74, 6) is 0.700. The molecule has 0 N–H and O–H groups in total. The Labute approximate surface area is 165 Å². The third-order valence-corrected chi connectivity index (χ3v) is 5.46. The van der Waals surface area contributed by atoms with Crippen LogP contribution >= 0.6 is 0 Å². The third-order valence-electron chi connectivity index (χ3n) is 5.46. The number of carbonyl (C=O) groups is 1. The first-order valence-corrected chi connectivity index (χ1v) is 9.81. The summed E-state index contributed by atoms with van der Waals surface area (Å²) in [6.45, 7) is 0.312. The van der Waals surface area contributed by atoms with Crippen molar-refractivity contribution in [2.24, 2.45) is 0 Å². The molecule has 146 valence electrons. The summed E-state index contributed by atoms with van der Waals surface area (Å²) in [5, 5.41) is 0. The van der Waals surface area contributed by atoms with Crippen LogP contribution in [0.25, 0.3) is 5.57 Å². The number of hydrogen-bond donors (Lipinski definition) is 0. The largest absolute Gasteiger partial charge is 0.445 e. The number of carbonyl (C=O) groups excluding carboxylic acids is 1. The lowest BCUT2D eigenvalue weighted by molar-refractivity contribution is 0.0510. The molecule has 2 aliphatic rings. The maximum Gasteiger partial charge on any atom is 0.410 e. The van der Waals surface area contributed by atoms with Gasteiger partial charge >= 0.3 is 6.09 Å². The first-order valence-electron chi connectivity index (χ1n) is 9.81. The third kappa shape index (κ3) is 3.86. The number of piperidine rings is 1. The molecule has 0 saturated carbocycles. The van der Waals surface area contributed by atoms with E-state index >= 15 is 0 Å². The van der Waals surface area contributed by atoms with Crippen molar-refractivity contribution in [3.63, 3.8) is 0 Å². The van der Waals surface area contributed by atoms with Gasteiger partial charge in [-0.05, 0) is 36.8 Å². The van der Waals surface area contributed by atoms with Gasteiger partial charge in [0.15, 0.2) is 0 Å². The van der Waals surface area contributed by atoms with E-state index in [9.17, 15) is 4.79 Å². The number of fused-ring (bicyclic) bond motifs is 2. The zero-order valence-corrected chi connectivity index (χ0v) is 16.4. The Morgan fingerprint density at radius 1 is 1.18 bits per heavy atom. The Bertz CT molecular complexity index is 849. The molecule has 2 aromatic rings. The molecule has 0 spiro atoms. The highest BCUT2D eigenvalue weighted by atomic mass is 16.6. The van der Waals surface area contributed by atoms with E-state index in [1.807, 2.05) is 66.6 Å². The molecule has 1 saturated heterocycles. The molecule has 0 aliphatic carbocycles. The number of rotatable bonds is 4. The van der Waals surface area contributed by atoms with Crippen LogP contribution in [0.15, 0.2) is 48.8 Å². The van der Waals surface area contributed by atoms with E-state index in [1.54, 1.807) is 0 Å². The van der Waals surface area contributed by atoms with E-state index in [2.05, 4.69) is 16.0 Å². The van der Waals surface area contributed by atoms with E-state index in [0.29, 0.717) is 12.6 Å². The summed E-state index contributed by atoms with van der Waals surface area (Å²) in [6, 6.07) is 10.1. The molecule has 4 rings (SSSR count). The Balaban J connectivity index is 1.48. The Morgan fingerprint density at radius 3 is 2.61 bits per heavy atom. The fourth-order valence-corrected chi connectivity index (χ4v) is 4.04. The summed E-state index contributed by atoms with van der Waals surface area (Å²) in [5.41, 5.74) is 3.28. The normalized spacial score (nSPS) is 21.1. The molecule has 2 atom stereocenters. The van der Waals surface area contributed by atoms with Crippen LogP contribution < -0.4 is 4.90 Å². The lowest BCUT2D eigenvalue weighted by Crippen LogP contribution is -2.51. The second-order valence-electron chi connectivity index (χ2n) is 7.66. The van der Waals surface area contributed by atoms with Crippen LogP contribution in [0, 0.1) is 0 Å². The van der Waals surface area contributed by atoms with Crippen LogP contribution in [-0.2, 0) is 11.3 Å². The van der Waals surface area contributed by atoms with E-state index in [1.165, 1.54) is 5.57 Å². The number of anilines is 1. The minimum absolute atomic E-state index is 0.0827. The van der Waals surface area contributed by atoms with Crippen molar-refractivity contribution < 1.29 is 9.53 Å². The van der Waals surface area contributed by atoms with E-state index in [-0.39, 0.29) is 18.2 Å². The van der Waals surface area contributed by atoms with Crippen LogP contribution in [0.3, 0.4) is 0 Å². The van der Waals surface area contributed by atoms with Crippen molar-refractivity contribution in [3.05, 3.63) is 59.9 Å². The standard InChI is InChI=1S/C22H26N4O2/c1-25(2)21-23-13-18(14-24-21)17-11-19-9-6-10-20(12-17)26(19)22(27)28-15-16-7-4-3-5-8-16/h3-5,7-8,11,13-14,19-20H,6,9-10,12,15H2,1-2H3. The van der Waals surface area contributed by atoms with Gasteiger partial charge in [0, 0.05) is 38.1 Å². The van der Waals surface area contributed by atoms with Gasteiger partial charge in [0.1, 0.15) is 6.61 Å². The van der Waals surface area contributed by atoms with Gasteiger partial charge < -0.3 is 9.64 Å². The van der Waals surface area contributed by atoms with Crippen molar-refractivity contribution in [1.82, 2.24) is 14.9 Å². The van der Waals surface area contributed by atoms with Crippen LogP contribution in [-0.4, -0.2) is 47.1 Å². The van der Waals surface area contributed by atoms with Crippen molar-refractivity contribution in [3.8, 4) is 0 Å². The maximum absolute atomic E-state index is 12.8. The molecule has 1 amide bonds. The average Bonchev–Trinajstić information content (AvgIpc) is 2.72. The van der Waals surface area contributed by atoms with Crippen LogP contribution in [0.5, 0.6) is 0 Å². The summed E-state index contributed by atoms with van der Waals surface area (Å²) in [7, 11) is 3.86. The van der Waals surface area contributed by atoms with Crippen molar-refractivity contribution in [1.29, 1.82) is 0 Å². The fraction of sp³-hybridized carbons (Fsp3) is 0.409. The van der Waals surface area contributed by atoms with Crippen molar-refractivity contribution >= 4 is 17.6 Å². The Morgan fingerprint density at radius 2 is 1.93 bits per heavy atom. The Hall–Kier alpha value is -2.89. The molecule has 1 fully saturated rings. The zero-order chi connectivity index (χ0) is 19.5. The topological polar surface area (TPSA) is 58.6 Å². The summed E-state index contributed by atoms with van der Waals surface area (Å²) in [6.07, 6.45) is 9.68. The molecule has 28 heavy (non-hydrogen) atoms. The van der Waals surface area contributed by atoms with Gasteiger partial charge in [0.2, 0.25) is 5.95 Å². The van der Waals surface area contributed by atoms with Gasteiger partial charge in [-0.2, -0.15) is 0 Å². The van der Waals surface area contributed by atoms with Crippen LogP contribution in [0.1, 0.15) is 36.8 Å². The minimum atomic E-state index is -0.215. The minimum Gasteiger partial charge on any atom is -0.445 e. The molecule has 1 aromatic carbocycles. The summed E-state index contributed by atoms with van der Waals surface area (Å²) in [4.78, 5) is 25.5. The molecule has 1 aromatic heterocycles. The number of ether oxygens (including phenoxy) is 1. The van der Waals surface area contributed by atoms with Crippen molar-refractivity contribution in [2.45, 2.75) is 44.4 Å². The van der Waals surface area contributed by atoms with Gasteiger partial charge in [0.05, 0.1) is 6.04 Å². The Kier molecular flexibility index (Phi) is 5.28. The SMILES string of the molecule is CN(C)c1ncc(C2=CC3CCCC(C2)N3C(=O)OCc2ccccc2)cn1.